The zero-order valence-corrected chi connectivity index (χ0v) is 18.8. The van der Waals surface area contributed by atoms with Crippen molar-refractivity contribution in [3.63, 3.8) is 0 Å². The molecule has 0 atom stereocenters. The summed E-state index contributed by atoms with van der Waals surface area (Å²) < 4.78 is 17.4. The second kappa shape index (κ2) is 8.60. The Morgan fingerprint density at radius 1 is 1.18 bits per heavy atom. The molecule has 1 aromatic carbocycles. The van der Waals surface area contributed by atoms with E-state index in [0.29, 0.717) is 39.0 Å². The summed E-state index contributed by atoms with van der Waals surface area (Å²) >= 11 is 6.01. The minimum absolute atomic E-state index is 0.192. The Morgan fingerprint density at radius 3 is 2.82 bits per heavy atom. The molecule has 4 heterocycles. The number of primary amides is 1. The van der Waals surface area contributed by atoms with Gasteiger partial charge in [0.05, 0.1) is 23.0 Å². The molecule has 0 aliphatic rings. The maximum atomic E-state index is 14.2. The van der Waals surface area contributed by atoms with Crippen molar-refractivity contribution in [2.45, 2.75) is 13.5 Å². The fourth-order valence-electron chi connectivity index (χ4n) is 3.69. The van der Waals surface area contributed by atoms with Crippen LogP contribution in [0.15, 0.2) is 67.0 Å². The van der Waals surface area contributed by atoms with E-state index in [1.165, 1.54) is 18.3 Å². The second-order valence-corrected chi connectivity index (χ2v) is 8.16. The molecule has 4 aromatic heterocycles. The van der Waals surface area contributed by atoms with Crippen LogP contribution in [0, 0.1) is 12.7 Å². The predicted molar refractivity (Wildman–Crippen MR) is 128 cm³/mol. The van der Waals surface area contributed by atoms with Crippen molar-refractivity contribution in [3.05, 3.63) is 94.7 Å². The molecule has 0 spiro atoms. The Labute approximate surface area is 198 Å². The van der Waals surface area contributed by atoms with Gasteiger partial charge in [-0.1, -0.05) is 17.7 Å². The zero-order valence-electron chi connectivity index (χ0n) is 18.0. The Balaban J connectivity index is 1.58. The molecule has 1 amide bonds. The first kappa shape index (κ1) is 21.6. The Bertz CT molecular complexity index is 1540. The summed E-state index contributed by atoms with van der Waals surface area (Å²) in [5, 5.41) is 12.4. The summed E-state index contributed by atoms with van der Waals surface area (Å²) in [6, 6.07) is 15.5. The van der Waals surface area contributed by atoms with Gasteiger partial charge < -0.3 is 11.1 Å². The lowest BCUT2D eigenvalue weighted by atomic mass is 10.1. The van der Waals surface area contributed by atoms with Gasteiger partial charge in [-0.25, -0.2) is 18.6 Å². The predicted octanol–water partition coefficient (Wildman–Crippen LogP) is 4.39. The van der Waals surface area contributed by atoms with E-state index < -0.39 is 5.91 Å². The van der Waals surface area contributed by atoms with Crippen LogP contribution in [-0.2, 0) is 6.54 Å². The summed E-state index contributed by atoms with van der Waals surface area (Å²) in [6.45, 7) is 2.09. The van der Waals surface area contributed by atoms with Crippen molar-refractivity contribution >= 4 is 28.8 Å². The molecule has 170 valence electrons. The van der Waals surface area contributed by atoms with Gasteiger partial charge in [0.15, 0.2) is 5.82 Å². The number of carbonyl (C=O) groups is 1. The highest BCUT2D eigenvalue weighted by molar-refractivity contribution is 6.30. The van der Waals surface area contributed by atoms with Crippen LogP contribution in [-0.4, -0.2) is 30.3 Å². The van der Waals surface area contributed by atoms with Crippen LogP contribution in [0.1, 0.15) is 21.6 Å². The van der Waals surface area contributed by atoms with E-state index in [2.05, 4.69) is 20.5 Å². The summed E-state index contributed by atoms with van der Waals surface area (Å²) in [5.41, 5.74) is 9.13. The lowest BCUT2D eigenvalue weighted by molar-refractivity contribution is 0.100. The van der Waals surface area contributed by atoms with Crippen LogP contribution in [0.3, 0.4) is 0 Å². The topological polar surface area (TPSA) is 103 Å². The first-order valence-electron chi connectivity index (χ1n) is 10.4. The number of carbonyl (C=O) groups excluding carboxylic acids is 1. The molecule has 5 aromatic rings. The first-order chi connectivity index (χ1) is 16.4. The van der Waals surface area contributed by atoms with E-state index in [1.807, 2.05) is 43.3 Å². The molecule has 0 fully saturated rings. The molecular weight excluding hydrogens is 457 g/mol. The lowest BCUT2D eigenvalue weighted by Crippen LogP contribution is -2.10. The number of nitrogens with zero attached hydrogens (tertiary/aromatic N) is 5. The third-order valence-corrected chi connectivity index (χ3v) is 5.59. The third-order valence-electron chi connectivity index (χ3n) is 5.35. The standard InChI is InChI=1S/C24H19ClFN7O/c1-14-3-2-4-23(30-14)33-20(15-7-8-32-21(10-15)18(13-29-32)24(27)34)11-22(31-33)28-12-16-9-17(25)5-6-19(16)26/h2-11,13H,12H2,1H3,(H2,27,34)(H,28,31). The van der Waals surface area contributed by atoms with Crippen LogP contribution >= 0.6 is 11.6 Å². The van der Waals surface area contributed by atoms with Gasteiger partial charge in [-0.3, -0.25) is 4.79 Å². The van der Waals surface area contributed by atoms with Gasteiger partial charge in [-0.05, 0) is 49.4 Å². The van der Waals surface area contributed by atoms with Crippen molar-refractivity contribution in [2.75, 3.05) is 5.32 Å². The number of anilines is 1. The van der Waals surface area contributed by atoms with Crippen molar-refractivity contribution in [1.29, 1.82) is 0 Å². The molecule has 10 heteroatoms. The van der Waals surface area contributed by atoms with E-state index in [0.717, 1.165) is 11.3 Å². The molecule has 0 bridgehead atoms. The van der Waals surface area contributed by atoms with Gasteiger partial charge in [-0.2, -0.15) is 5.10 Å². The van der Waals surface area contributed by atoms with Gasteiger partial charge in [0, 0.05) is 40.7 Å². The molecule has 0 aliphatic heterocycles. The van der Waals surface area contributed by atoms with E-state index >= 15 is 0 Å². The molecule has 0 aliphatic carbocycles. The molecule has 0 unspecified atom stereocenters. The number of rotatable bonds is 6. The van der Waals surface area contributed by atoms with Crippen molar-refractivity contribution in [2.24, 2.45) is 5.73 Å². The minimum atomic E-state index is -0.563. The van der Waals surface area contributed by atoms with E-state index in [1.54, 1.807) is 21.5 Å². The van der Waals surface area contributed by atoms with Crippen LogP contribution in [0.5, 0.6) is 0 Å². The molecule has 0 saturated carbocycles. The van der Waals surface area contributed by atoms with Gasteiger partial charge in [-0.15, -0.1) is 5.10 Å². The number of fused-ring (bicyclic) bond motifs is 1. The SMILES string of the molecule is Cc1cccc(-n2nc(NCc3cc(Cl)ccc3F)cc2-c2ccn3ncc(C(N)=O)c3c2)n1. The molecule has 0 radical (unpaired) electrons. The normalized spacial score (nSPS) is 11.1. The fourth-order valence-corrected chi connectivity index (χ4v) is 3.88. The molecular formula is C24H19ClFN7O. The highest BCUT2D eigenvalue weighted by Gasteiger charge is 2.16. The van der Waals surface area contributed by atoms with Crippen molar-refractivity contribution < 1.29 is 9.18 Å². The van der Waals surface area contributed by atoms with Crippen molar-refractivity contribution in [3.8, 4) is 17.1 Å². The third kappa shape index (κ3) is 4.08. The quantitative estimate of drug-likeness (QED) is 0.379. The van der Waals surface area contributed by atoms with Crippen molar-refractivity contribution in [1.82, 2.24) is 24.4 Å². The highest BCUT2D eigenvalue weighted by atomic mass is 35.5. The number of halogens is 2. The average Bonchev–Trinajstić information content (AvgIpc) is 3.43. The summed E-state index contributed by atoms with van der Waals surface area (Å²) in [6.07, 6.45) is 3.18. The van der Waals surface area contributed by atoms with Gasteiger partial charge >= 0.3 is 0 Å². The number of nitrogens with one attached hydrogen (secondary N) is 1. The van der Waals surface area contributed by atoms with E-state index in [-0.39, 0.29) is 12.4 Å². The smallest absolute Gasteiger partial charge is 0.252 e. The Kier molecular flexibility index (Phi) is 5.46. The monoisotopic (exact) mass is 475 g/mol. The number of aryl methyl sites for hydroxylation is 1. The number of pyridine rings is 2. The molecule has 3 N–H and O–H groups in total. The highest BCUT2D eigenvalue weighted by Crippen LogP contribution is 2.28. The number of nitrogens with two attached hydrogens (primary N) is 1. The number of benzene rings is 1. The number of hydrogen-bond acceptors (Lipinski definition) is 5. The number of amides is 1. The van der Waals surface area contributed by atoms with E-state index in [4.69, 9.17) is 17.3 Å². The van der Waals surface area contributed by atoms with Gasteiger partial charge in [0.2, 0.25) is 0 Å². The largest absolute Gasteiger partial charge is 0.365 e. The second-order valence-electron chi connectivity index (χ2n) is 7.72. The van der Waals surface area contributed by atoms with Gasteiger partial charge in [0.1, 0.15) is 11.6 Å². The lowest BCUT2D eigenvalue weighted by Gasteiger charge is -2.08. The fraction of sp³-hybridized carbons (Fsp3) is 0.0833. The molecule has 0 saturated heterocycles. The number of aromatic nitrogens is 5. The zero-order chi connectivity index (χ0) is 23.8. The van der Waals surface area contributed by atoms with Crippen LogP contribution < -0.4 is 11.1 Å². The van der Waals surface area contributed by atoms with Crippen LogP contribution in [0.4, 0.5) is 10.2 Å². The molecule has 34 heavy (non-hydrogen) atoms. The molecule has 5 rings (SSSR count). The Morgan fingerprint density at radius 2 is 2.03 bits per heavy atom. The number of hydrogen-bond donors (Lipinski definition) is 2. The van der Waals surface area contributed by atoms with Crippen LogP contribution in [0.25, 0.3) is 22.6 Å². The summed E-state index contributed by atoms with van der Waals surface area (Å²) in [5.74, 6) is 0.204. The average molecular weight is 476 g/mol. The maximum absolute atomic E-state index is 14.2. The molecule has 8 nitrogen and oxygen atoms in total. The maximum Gasteiger partial charge on any atom is 0.252 e. The summed E-state index contributed by atoms with van der Waals surface area (Å²) in [4.78, 5) is 16.4. The Hall–Kier alpha value is -4.24. The van der Waals surface area contributed by atoms with E-state index in [9.17, 15) is 9.18 Å². The summed E-state index contributed by atoms with van der Waals surface area (Å²) in [7, 11) is 0. The van der Waals surface area contributed by atoms with Gasteiger partial charge in [0.25, 0.3) is 5.91 Å². The van der Waals surface area contributed by atoms with Crippen LogP contribution in [0.2, 0.25) is 5.02 Å². The first-order valence-corrected chi connectivity index (χ1v) is 10.8. The minimum Gasteiger partial charge on any atom is -0.365 e.